The summed E-state index contributed by atoms with van der Waals surface area (Å²) in [4.78, 5) is 19.4. The Balaban J connectivity index is 1.73. The summed E-state index contributed by atoms with van der Waals surface area (Å²) >= 11 is 3.24. The quantitative estimate of drug-likeness (QED) is 0.796. The second-order valence-corrected chi connectivity index (χ2v) is 6.91. The van der Waals surface area contributed by atoms with Gasteiger partial charge in [0.15, 0.2) is 11.6 Å². The molecule has 24 heavy (non-hydrogen) atoms. The number of hydrogen-bond acceptors (Lipinski definition) is 6. The van der Waals surface area contributed by atoms with Crippen molar-refractivity contribution in [3.8, 4) is 0 Å². The minimum Gasteiger partial charge on any atom is -0.363 e. The Bertz CT molecular complexity index is 731. The van der Waals surface area contributed by atoms with E-state index in [0.717, 1.165) is 30.5 Å². The summed E-state index contributed by atoms with van der Waals surface area (Å²) in [5, 5.41) is 0. The van der Waals surface area contributed by atoms with Gasteiger partial charge in [0.25, 0.3) is 0 Å². The van der Waals surface area contributed by atoms with Gasteiger partial charge in [-0.1, -0.05) is 0 Å². The third-order valence-electron chi connectivity index (χ3n) is 3.94. The lowest BCUT2D eigenvalue weighted by atomic mass is 10.3. The largest absolute Gasteiger partial charge is 0.363 e. The van der Waals surface area contributed by atoms with Crippen molar-refractivity contribution in [3.05, 3.63) is 34.3 Å². The Labute approximate surface area is 149 Å². The normalized spacial score (nSPS) is 14.9. The van der Waals surface area contributed by atoms with Crippen molar-refractivity contribution in [2.75, 3.05) is 55.0 Å². The molecule has 3 rings (SSSR count). The summed E-state index contributed by atoms with van der Waals surface area (Å²) in [6.07, 6.45) is 1.62. The first-order valence-corrected chi connectivity index (χ1v) is 8.57. The zero-order valence-electron chi connectivity index (χ0n) is 14.0. The van der Waals surface area contributed by atoms with E-state index in [2.05, 4.69) is 35.8 Å². The fourth-order valence-corrected chi connectivity index (χ4v) is 2.97. The van der Waals surface area contributed by atoms with Gasteiger partial charge >= 0.3 is 0 Å². The van der Waals surface area contributed by atoms with Gasteiger partial charge in [-0.25, -0.2) is 14.4 Å². The second kappa shape index (κ2) is 6.88. The molecule has 0 atom stereocenters. The van der Waals surface area contributed by atoms with Crippen molar-refractivity contribution in [3.63, 3.8) is 0 Å². The third kappa shape index (κ3) is 3.58. The molecule has 6 nitrogen and oxygen atoms in total. The third-order valence-corrected chi connectivity index (χ3v) is 4.37. The number of aromatic nitrogens is 3. The number of pyridine rings is 1. The van der Waals surface area contributed by atoms with Crippen LogP contribution in [0, 0.1) is 12.7 Å². The highest BCUT2D eigenvalue weighted by Crippen LogP contribution is 2.23. The predicted molar refractivity (Wildman–Crippen MR) is 97.4 cm³/mol. The summed E-state index contributed by atoms with van der Waals surface area (Å²) in [6.45, 7) is 4.79. The number of halogens is 2. The zero-order chi connectivity index (χ0) is 17.3. The monoisotopic (exact) mass is 394 g/mol. The summed E-state index contributed by atoms with van der Waals surface area (Å²) in [6, 6.07) is 3.41. The lowest BCUT2D eigenvalue weighted by molar-refractivity contribution is 0.584. The molecule has 0 radical (unpaired) electrons. The van der Waals surface area contributed by atoms with E-state index in [4.69, 9.17) is 0 Å². The van der Waals surface area contributed by atoms with Crippen LogP contribution in [-0.4, -0.2) is 55.2 Å². The number of rotatable bonds is 3. The van der Waals surface area contributed by atoms with Gasteiger partial charge < -0.3 is 14.7 Å². The molecular weight excluding hydrogens is 375 g/mol. The van der Waals surface area contributed by atoms with Crippen molar-refractivity contribution >= 4 is 33.5 Å². The molecule has 3 heterocycles. The van der Waals surface area contributed by atoms with E-state index >= 15 is 0 Å². The van der Waals surface area contributed by atoms with E-state index in [1.807, 2.05) is 36.9 Å². The highest BCUT2D eigenvalue weighted by Gasteiger charge is 2.22. The van der Waals surface area contributed by atoms with Gasteiger partial charge in [0, 0.05) is 62.7 Å². The molecule has 2 aromatic heterocycles. The fraction of sp³-hybridized carbons (Fsp3) is 0.438. The maximum atomic E-state index is 14.1. The molecule has 1 fully saturated rings. The van der Waals surface area contributed by atoms with Gasteiger partial charge in [-0.2, -0.15) is 4.98 Å². The molecule has 1 aliphatic rings. The number of piperazine rings is 1. The number of nitrogens with zero attached hydrogens (tertiary/aromatic N) is 6. The molecule has 0 N–H and O–H groups in total. The van der Waals surface area contributed by atoms with Gasteiger partial charge in [-0.3, -0.25) is 0 Å². The van der Waals surface area contributed by atoms with Crippen LogP contribution in [-0.2, 0) is 0 Å². The topological polar surface area (TPSA) is 48.4 Å². The Morgan fingerprint density at radius 2 is 1.75 bits per heavy atom. The highest BCUT2D eigenvalue weighted by molar-refractivity contribution is 9.10. The van der Waals surface area contributed by atoms with E-state index in [-0.39, 0.29) is 5.82 Å². The predicted octanol–water partition coefficient (Wildman–Crippen LogP) is 2.47. The molecule has 0 saturated carbocycles. The lowest BCUT2D eigenvalue weighted by Gasteiger charge is -2.35. The molecule has 0 spiro atoms. The summed E-state index contributed by atoms with van der Waals surface area (Å²) < 4.78 is 14.7. The molecule has 0 aromatic carbocycles. The van der Waals surface area contributed by atoms with Gasteiger partial charge in [-0.05, 0) is 28.9 Å². The highest BCUT2D eigenvalue weighted by atomic mass is 79.9. The lowest BCUT2D eigenvalue weighted by Crippen LogP contribution is -2.47. The molecular formula is C16H20BrFN6. The van der Waals surface area contributed by atoms with Crippen molar-refractivity contribution in [1.82, 2.24) is 15.0 Å². The maximum absolute atomic E-state index is 14.1. The minimum atomic E-state index is -0.306. The summed E-state index contributed by atoms with van der Waals surface area (Å²) in [5.74, 6) is 1.71. The average molecular weight is 395 g/mol. The van der Waals surface area contributed by atoms with Crippen LogP contribution in [0.1, 0.15) is 5.69 Å². The fourth-order valence-electron chi connectivity index (χ4n) is 2.67. The van der Waals surface area contributed by atoms with Crippen LogP contribution < -0.4 is 14.7 Å². The first kappa shape index (κ1) is 16.9. The van der Waals surface area contributed by atoms with Crippen molar-refractivity contribution < 1.29 is 4.39 Å². The molecule has 2 aromatic rings. The number of anilines is 3. The van der Waals surface area contributed by atoms with E-state index in [1.165, 1.54) is 6.07 Å². The van der Waals surface area contributed by atoms with Crippen LogP contribution in [0.15, 0.2) is 22.8 Å². The van der Waals surface area contributed by atoms with E-state index in [1.54, 1.807) is 6.20 Å². The van der Waals surface area contributed by atoms with Crippen LogP contribution in [0.5, 0.6) is 0 Å². The van der Waals surface area contributed by atoms with E-state index in [9.17, 15) is 4.39 Å². The molecule has 0 bridgehead atoms. The maximum Gasteiger partial charge on any atom is 0.227 e. The minimum absolute atomic E-state index is 0.306. The molecule has 128 valence electrons. The number of aryl methyl sites for hydroxylation is 1. The van der Waals surface area contributed by atoms with Crippen LogP contribution in [0.25, 0.3) is 0 Å². The van der Waals surface area contributed by atoms with Gasteiger partial charge in [-0.15, -0.1) is 0 Å². The molecule has 0 amide bonds. The van der Waals surface area contributed by atoms with Crippen LogP contribution in [0.3, 0.4) is 0 Å². The molecule has 0 unspecified atom stereocenters. The van der Waals surface area contributed by atoms with Crippen LogP contribution >= 0.6 is 15.9 Å². The molecule has 1 saturated heterocycles. The summed E-state index contributed by atoms with van der Waals surface area (Å²) in [5.41, 5.74) is 0.937. The zero-order valence-corrected chi connectivity index (χ0v) is 15.6. The van der Waals surface area contributed by atoms with E-state index < -0.39 is 0 Å². The standard InChI is InChI=1S/C16H20BrFN6/c1-11-8-14(22(2)3)21-16(20-11)24-6-4-23(5-7-24)15-13(18)9-12(17)10-19-15/h8-10H,4-7H2,1-3H3. The molecule has 8 heteroatoms. The first-order valence-electron chi connectivity index (χ1n) is 7.78. The molecule has 0 aliphatic carbocycles. The Hall–Kier alpha value is -1.96. The second-order valence-electron chi connectivity index (χ2n) is 6.00. The van der Waals surface area contributed by atoms with Gasteiger partial charge in [0.2, 0.25) is 5.95 Å². The van der Waals surface area contributed by atoms with Crippen molar-refractivity contribution in [2.24, 2.45) is 0 Å². The Morgan fingerprint density at radius 3 is 2.38 bits per heavy atom. The van der Waals surface area contributed by atoms with Crippen LogP contribution in [0.2, 0.25) is 0 Å². The smallest absolute Gasteiger partial charge is 0.227 e. The van der Waals surface area contributed by atoms with E-state index in [0.29, 0.717) is 23.4 Å². The number of hydrogen-bond donors (Lipinski definition) is 0. The molecule has 1 aliphatic heterocycles. The van der Waals surface area contributed by atoms with Gasteiger partial charge in [0.1, 0.15) is 5.82 Å². The summed E-state index contributed by atoms with van der Waals surface area (Å²) in [7, 11) is 3.93. The Morgan fingerprint density at radius 1 is 1.08 bits per heavy atom. The van der Waals surface area contributed by atoms with Gasteiger partial charge in [0.05, 0.1) is 0 Å². The Kier molecular flexibility index (Phi) is 4.84. The van der Waals surface area contributed by atoms with Crippen molar-refractivity contribution in [2.45, 2.75) is 6.92 Å². The SMILES string of the molecule is Cc1cc(N(C)C)nc(N2CCN(c3ncc(Br)cc3F)CC2)n1. The first-order chi connectivity index (χ1) is 11.4. The average Bonchev–Trinajstić information content (AvgIpc) is 2.54. The van der Waals surface area contributed by atoms with Crippen molar-refractivity contribution in [1.29, 1.82) is 0 Å². The van der Waals surface area contributed by atoms with Crippen LogP contribution in [0.4, 0.5) is 22.0 Å².